The van der Waals surface area contributed by atoms with Crippen molar-refractivity contribution in [3.63, 3.8) is 0 Å². The zero-order chi connectivity index (χ0) is 20.1. The van der Waals surface area contributed by atoms with Crippen LogP contribution in [0.2, 0.25) is 0 Å². The summed E-state index contributed by atoms with van der Waals surface area (Å²) in [5, 5.41) is 6.52. The number of hydrogen-bond acceptors (Lipinski definition) is 5. The Balaban J connectivity index is 1.91. The molecule has 142 valence electrons. The van der Waals surface area contributed by atoms with Gasteiger partial charge >= 0.3 is 0 Å². The fourth-order valence-electron chi connectivity index (χ4n) is 2.49. The predicted molar refractivity (Wildman–Crippen MR) is 118 cm³/mol. The first-order valence-electron chi connectivity index (χ1n) is 9.13. The minimum absolute atomic E-state index is 0.213. The molecule has 0 atom stereocenters. The van der Waals surface area contributed by atoms with E-state index < -0.39 is 0 Å². The molecular formula is C23H25N5. The molecule has 5 heteroatoms. The molecule has 0 spiro atoms. The minimum atomic E-state index is -0.213. The van der Waals surface area contributed by atoms with Gasteiger partial charge in [-0.3, -0.25) is 0 Å². The number of rotatable bonds is 6. The Morgan fingerprint density at radius 2 is 1.07 bits per heavy atom. The average Bonchev–Trinajstić information content (AvgIpc) is 2.68. The standard InChI is InChI=1S/C23H25N5/c1-6-16-8-12-18(13-9-16)24-21-26-20(23(3,4)5)27-22(28-21)25-19-14-10-17(7-2)11-15-19/h6-15H,1-2H2,3-5H3,(H2,24,25,26,27,28). The summed E-state index contributed by atoms with van der Waals surface area (Å²) in [6.45, 7) is 13.8. The van der Waals surface area contributed by atoms with E-state index in [0.29, 0.717) is 17.7 Å². The highest BCUT2D eigenvalue weighted by molar-refractivity contribution is 5.61. The van der Waals surface area contributed by atoms with Crippen LogP contribution in [0.3, 0.4) is 0 Å². The molecule has 3 aromatic rings. The summed E-state index contributed by atoms with van der Waals surface area (Å²) < 4.78 is 0. The van der Waals surface area contributed by atoms with Gasteiger partial charge in [-0.2, -0.15) is 15.0 Å². The molecule has 1 aromatic heterocycles. The quantitative estimate of drug-likeness (QED) is 0.561. The van der Waals surface area contributed by atoms with Crippen LogP contribution < -0.4 is 10.6 Å². The highest BCUT2D eigenvalue weighted by Gasteiger charge is 2.20. The molecule has 0 radical (unpaired) electrons. The maximum absolute atomic E-state index is 4.60. The molecule has 5 nitrogen and oxygen atoms in total. The Hall–Kier alpha value is -3.47. The molecule has 28 heavy (non-hydrogen) atoms. The lowest BCUT2D eigenvalue weighted by Gasteiger charge is -2.18. The molecule has 0 amide bonds. The number of nitrogens with zero attached hydrogens (tertiary/aromatic N) is 3. The summed E-state index contributed by atoms with van der Waals surface area (Å²) in [7, 11) is 0. The Bertz CT molecular complexity index is 896. The number of anilines is 4. The van der Waals surface area contributed by atoms with E-state index in [1.165, 1.54) is 0 Å². The Morgan fingerprint density at radius 1 is 0.679 bits per heavy atom. The van der Waals surface area contributed by atoms with Crippen LogP contribution in [-0.4, -0.2) is 15.0 Å². The lowest BCUT2D eigenvalue weighted by atomic mass is 9.96. The summed E-state index contributed by atoms with van der Waals surface area (Å²) >= 11 is 0. The largest absolute Gasteiger partial charge is 0.324 e. The molecule has 0 saturated carbocycles. The van der Waals surface area contributed by atoms with Crippen molar-refractivity contribution in [1.82, 2.24) is 15.0 Å². The first-order chi connectivity index (χ1) is 13.4. The van der Waals surface area contributed by atoms with Crippen molar-refractivity contribution in [3.05, 3.63) is 78.6 Å². The number of aromatic nitrogens is 3. The summed E-state index contributed by atoms with van der Waals surface area (Å²) in [4.78, 5) is 13.7. The molecule has 0 saturated heterocycles. The van der Waals surface area contributed by atoms with E-state index in [4.69, 9.17) is 0 Å². The smallest absolute Gasteiger partial charge is 0.232 e. The van der Waals surface area contributed by atoms with E-state index in [9.17, 15) is 0 Å². The van der Waals surface area contributed by atoms with E-state index in [0.717, 1.165) is 22.5 Å². The third-order valence-corrected chi connectivity index (χ3v) is 4.11. The van der Waals surface area contributed by atoms with Gasteiger partial charge in [0.05, 0.1) is 0 Å². The second-order valence-corrected chi connectivity index (χ2v) is 7.46. The van der Waals surface area contributed by atoms with Crippen LogP contribution in [-0.2, 0) is 5.41 Å². The monoisotopic (exact) mass is 371 g/mol. The van der Waals surface area contributed by atoms with Crippen LogP contribution in [0.25, 0.3) is 12.2 Å². The Kier molecular flexibility index (Phi) is 5.54. The van der Waals surface area contributed by atoms with E-state index >= 15 is 0 Å². The molecule has 0 aliphatic carbocycles. The fraction of sp³-hybridized carbons (Fsp3) is 0.174. The molecule has 0 aliphatic rings. The van der Waals surface area contributed by atoms with Crippen molar-refractivity contribution in [2.24, 2.45) is 0 Å². The van der Waals surface area contributed by atoms with Crippen molar-refractivity contribution in [1.29, 1.82) is 0 Å². The van der Waals surface area contributed by atoms with E-state index in [2.05, 4.69) is 59.5 Å². The normalized spacial score (nSPS) is 11.0. The van der Waals surface area contributed by atoms with Crippen molar-refractivity contribution in [2.45, 2.75) is 26.2 Å². The van der Waals surface area contributed by atoms with Crippen molar-refractivity contribution >= 4 is 35.4 Å². The van der Waals surface area contributed by atoms with Gasteiger partial charge in [0.25, 0.3) is 0 Å². The maximum atomic E-state index is 4.60. The third kappa shape index (κ3) is 4.82. The van der Waals surface area contributed by atoms with E-state index in [-0.39, 0.29) is 5.41 Å². The van der Waals surface area contributed by atoms with Gasteiger partial charge in [-0.15, -0.1) is 0 Å². The molecule has 0 bridgehead atoms. The number of hydrogen-bond donors (Lipinski definition) is 2. The highest BCUT2D eigenvalue weighted by atomic mass is 15.2. The number of nitrogens with one attached hydrogen (secondary N) is 2. The molecule has 2 aromatic carbocycles. The van der Waals surface area contributed by atoms with Gasteiger partial charge in [0.2, 0.25) is 11.9 Å². The third-order valence-electron chi connectivity index (χ3n) is 4.11. The molecular weight excluding hydrogens is 346 g/mol. The van der Waals surface area contributed by atoms with Gasteiger partial charge in [-0.05, 0) is 35.4 Å². The van der Waals surface area contributed by atoms with Crippen molar-refractivity contribution < 1.29 is 0 Å². The maximum Gasteiger partial charge on any atom is 0.232 e. The first-order valence-corrected chi connectivity index (χ1v) is 9.13. The van der Waals surface area contributed by atoms with Crippen LogP contribution in [0.1, 0.15) is 37.7 Å². The van der Waals surface area contributed by atoms with Crippen LogP contribution in [0.4, 0.5) is 23.3 Å². The highest BCUT2D eigenvalue weighted by Crippen LogP contribution is 2.24. The second-order valence-electron chi connectivity index (χ2n) is 7.46. The Labute approximate surface area is 166 Å². The minimum Gasteiger partial charge on any atom is -0.324 e. The molecule has 1 heterocycles. The molecule has 3 rings (SSSR count). The zero-order valence-corrected chi connectivity index (χ0v) is 16.5. The van der Waals surface area contributed by atoms with E-state index in [1.54, 1.807) is 0 Å². The lowest BCUT2D eigenvalue weighted by Crippen LogP contribution is -2.19. The molecule has 0 aliphatic heterocycles. The summed E-state index contributed by atoms with van der Waals surface area (Å²) in [6, 6.07) is 15.8. The topological polar surface area (TPSA) is 62.7 Å². The van der Waals surface area contributed by atoms with Gasteiger partial charge in [-0.1, -0.05) is 70.3 Å². The second kappa shape index (κ2) is 8.05. The van der Waals surface area contributed by atoms with Crippen LogP contribution in [0, 0.1) is 0 Å². The lowest BCUT2D eigenvalue weighted by molar-refractivity contribution is 0.544. The van der Waals surface area contributed by atoms with Crippen LogP contribution in [0.5, 0.6) is 0 Å². The summed E-state index contributed by atoms with van der Waals surface area (Å²) in [5.41, 5.74) is 3.70. The molecule has 0 unspecified atom stereocenters. The van der Waals surface area contributed by atoms with E-state index in [1.807, 2.05) is 60.7 Å². The SMILES string of the molecule is C=Cc1ccc(Nc2nc(Nc3ccc(C=C)cc3)nc(C(C)(C)C)n2)cc1. The Morgan fingerprint density at radius 3 is 1.39 bits per heavy atom. The van der Waals surface area contributed by atoms with Gasteiger partial charge in [0.1, 0.15) is 5.82 Å². The van der Waals surface area contributed by atoms with Gasteiger partial charge in [0, 0.05) is 16.8 Å². The fourth-order valence-corrected chi connectivity index (χ4v) is 2.49. The predicted octanol–water partition coefficient (Wildman–Crippen LogP) is 5.94. The summed E-state index contributed by atoms with van der Waals surface area (Å²) in [5.74, 6) is 1.70. The summed E-state index contributed by atoms with van der Waals surface area (Å²) in [6.07, 6.45) is 3.62. The number of benzene rings is 2. The molecule has 0 fully saturated rings. The van der Waals surface area contributed by atoms with Gasteiger partial charge in [-0.25, -0.2) is 0 Å². The zero-order valence-electron chi connectivity index (χ0n) is 16.5. The van der Waals surface area contributed by atoms with Gasteiger partial charge in [0.15, 0.2) is 0 Å². The average molecular weight is 371 g/mol. The molecule has 2 N–H and O–H groups in total. The first kappa shape index (κ1) is 19.3. The van der Waals surface area contributed by atoms with Crippen molar-refractivity contribution in [3.8, 4) is 0 Å². The van der Waals surface area contributed by atoms with Crippen molar-refractivity contribution in [2.75, 3.05) is 10.6 Å². The van der Waals surface area contributed by atoms with Crippen LogP contribution >= 0.6 is 0 Å². The van der Waals surface area contributed by atoms with Crippen LogP contribution in [0.15, 0.2) is 61.7 Å². The van der Waals surface area contributed by atoms with Gasteiger partial charge < -0.3 is 10.6 Å².